The number of fused-ring (bicyclic) bond motifs is 1. The average molecular weight is 212 g/mol. The Labute approximate surface area is 93.2 Å². The molecule has 4 heteroatoms. The molecule has 0 fully saturated rings. The van der Waals surface area contributed by atoms with Crippen LogP contribution in [-0.2, 0) is 0 Å². The van der Waals surface area contributed by atoms with Crippen molar-refractivity contribution in [3.63, 3.8) is 0 Å². The van der Waals surface area contributed by atoms with Crippen LogP contribution in [0.3, 0.4) is 0 Å². The minimum absolute atomic E-state index is 0.206. The Hall–Kier alpha value is -2.10. The minimum atomic E-state index is 0.206. The van der Waals surface area contributed by atoms with Crippen LogP contribution in [0.4, 0.5) is 0 Å². The molecule has 0 saturated carbocycles. The molecule has 0 aliphatic carbocycles. The van der Waals surface area contributed by atoms with Gasteiger partial charge in [-0.2, -0.15) is 0 Å². The fourth-order valence-electron chi connectivity index (χ4n) is 1.97. The van der Waals surface area contributed by atoms with Gasteiger partial charge >= 0.3 is 0 Å². The summed E-state index contributed by atoms with van der Waals surface area (Å²) < 4.78 is 0. The number of pyridine rings is 1. The summed E-state index contributed by atoms with van der Waals surface area (Å²) >= 11 is 0. The lowest BCUT2D eigenvalue weighted by Gasteiger charge is -2.11. The SMILES string of the molecule is NC1=NCC(c2ccc3cnccc3c2)N1. The molecule has 4 nitrogen and oxygen atoms in total. The molecular formula is C12H12N4. The van der Waals surface area contributed by atoms with Gasteiger partial charge in [0.05, 0.1) is 12.6 Å². The summed E-state index contributed by atoms with van der Waals surface area (Å²) in [5.74, 6) is 0.528. The molecule has 0 bridgehead atoms. The monoisotopic (exact) mass is 212 g/mol. The van der Waals surface area contributed by atoms with E-state index in [9.17, 15) is 0 Å². The van der Waals surface area contributed by atoms with Gasteiger partial charge in [0, 0.05) is 17.8 Å². The van der Waals surface area contributed by atoms with Crippen LogP contribution in [0, 0.1) is 0 Å². The van der Waals surface area contributed by atoms with E-state index in [-0.39, 0.29) is 6.04 Å². The molecule has 1 unspecified atom stereocenters. The van der Waals surface area contributed by atoms with Gasteiger partial charge in [0.15, 0.2) is 5.96 Å². The molecule has 16 heavy (non-hydrogen) atoms. The number of rotatable bonds is 1. The maximum Gasteiger partial charge on any atom is 0.189 e. The summed E-state index contributed by atoms with van der Waals surface area (Å²) in [5.41, 5.74) is 6.82. The van der Waals surface area contributed by atoms with E-state index in [1.54, 1.807) is 6.20 Å². The number of nitrogens with one attached hydrogen (secondary N) is 1. The molecule has 1 aromatic carbocycles. The largest absolute Gasteiger partial charge is 0.370 e. The highest BCUT2D eigenvalue weighted by molar-refractivity contribution is 5.83. The van der Waals surface area contributed by atoms with E-state index >= 15 is 0 Å². The number of hydrogen-bond acceptors (Lipinski definition) is 4. The van der Waals surface area contributed by atoms with Crippen LogP contribution in [-0.4, -0.2) is 17.5 Å². The molecule has 3 N–H and O–H groups in total. The number of aliphatic imine (C=N–C) groups is 1. The van der Waals surface area contributed by atoms with Crippen molar-refractivity contribution in [1.82, 2.24) is 10.3 Å². The lowest BCUT2D eigenvalue weighted by Crippen LogP contribution is -2.29. The number of nitrogens with two attached hydrogens (primary N) is 1. The Morgan fingerprint density at radius 3 is 3.00 bits per heavy atom. The molecule has 0 spiro atoms. The second kappa shape index (κ2) is 3.48. The maximum absolute atomic E-state index is 5.60. The van der Waals surface area contributed by atoms with Crippen LogP contribution in [0.5, 0.6) is 0 Å². The molecule has 1 aromatic heterocycles. The van der Waals surface area contributed by atoms with Gasteiger partial charge in [0.2, 0.25) is 0 Å². The Kier molecular flexibility index (Phi) is 1.99. The minimum Gasteiger partial charge on any atom is -0.370 e. The number of benzene rings is 1. The molecule has 0 amide bonds. The van der Waals surface area contributed by atoms with Gasteiger partial charge in [-0.25, -0.2) is 0 Å². The van der Waals surface area contributed by atoms with E-state index in [1.165, 1.54) is 10.9 Å². The van der Waals surface area contributed by atoms with Crippen molar-refractivity contribution in [3.8, 4) is 0 Å². The van der Waals surface area contributed by atoms with Crippen LogP contribution in [0.15, 0.2) is 41.7 Å². The highest BCUT2D eigenvalue weighted by Crippen LogP contribution is 2.21. The molecular weight excluding hydrogens is 200 g/mol. The van der Waals surface area contributed by atoms with E-state index in [1.807, 2.05) is 12.3 Å². The number of hydrogen-bond donors (Lipinski definition) is 2. The predicted molar refractivity (Wildman–Crippen MR) is 64.1 cm³/mol. The summed E-state index contributed by atoms with van der Waals surface area (Å²) in [5, 5.41) is 5.49. The zero-order valence-corrected chi connectivity index (χ0v) is 8.72. The molecule has 1 atom stereocenters. The Morgan fingerprint density at radius 1 is 1.25 bits per heavy atom. The van der Waals surface area contributed by atoms with Gasteiger partial charge in [-0.15, -0.1) is 0 Å². The molecule has 1 aliphatic heterocycles. The Balaban J connectivity index is 1.99. The third-order valence-electron chi connectivity index (χ3n) is 2.83. The smallest absolute Gasteiger partial charge is 0.189 e. The van der Waals surface area contributed by atoms with Crippen molar-refractivity contribution in [2.75, 3.05) is 6.54 Å². The van der Waals surface area contributed by atoms with Gasteiger partial charge in [0.1, 0.15) is 0 Å². The average Bonchev–Trinajstić information content (AvgIpc) is 2.75. The molecule has 0 saturated heterocycles. The molecule has 0 radical (unpaired) electrons. The third kappa shape index (κ3) is 1.48. The van der Waals surface area contributed by atoms with E-state index in [0.717, 1.165) is 5.39 Å². The van der Waals surface area contributed by atoms with E-state index in [2.05, 4.69) is 33.5 Å². The van der Waals surface area contributed by atoms with E-state index in [4.69, 9.17) is 5.73 Å². The van der Waals surface area contributed by atoms with Crippen LogP contribution >= 0.6 is 0 Å². The van der Waals surface area contributed by atoms with Crippen LogP contribution in [0.1, 0.15) is 11.6 Å². The fourth-order valence-corrected chi connectivity index (χ4v) is 1.97. The second-order valence-corrected chi connectivity index (χ2v) is 3.91. The third-order valence-corrected chi connectivity index (χ3v) is 2.83. The quantitative estimate of drug-likeness (QED) is 0.746. The number of aromatic nitrogens is 1. The highest BCUT2D eigenvalue weighted by atomic mass is 15.2. The number of guanidine groups is 1. The summed E-state index contributed by atoms with van der Waals surface area (Å²) in [6.07, 6.45) is 3.67. The van der Waals surface area contributed by atoms with Gasteiger partial charge in [-0.3, -0.25) is 9.98 Å². The highest BCUT2D eigenvalue weighted by Gasteiger charge is 2.16. The van der Waals surface area contributed by atoms with Crippen molar-refractivity contribution in [1.29, 1.82) is 0 Å². The Morgan fingerprint density at radius 2 is 2.19 bits per heavy atom. The van der Waals surface area contributed by atoms with Crippen molar-refractivity contribution in [2.24, 2.45) is 10.7 Å². The molecule has 2 heterocycles. The van der Waals surface area contributed by atoms with Crippen LogP contribution in [0.2, 0.25) is 0 Å². The second-order valence-electron chi connectivity index (χ2n) is 3.91. The predicted octanol–water partition coefficient (Wildman–Crippen LogP) is 1.19. The lowest BCUT2D eigenvalue weighted by atomic mass is 10.0. The van der Waals surface area contributed by atoms with Crippen LogP contribution in [0.25, 0.3) is 10.8 Å². The van der Waals surface area contributed by atoms with Crippen molar-refractivity contribution < 1.29 is 0 Å². The lowest BCUT2D eigenvalue weighted by molar-refractivity contribution is 0.709. The maximum atomic E-state index is 5.60. The summed E-state index contributed by atoms with van der Waals surface area (Å²) in [4.78, 5) is 8.24. The van der Waals surface area contributed by atoms with E-state index < -0.39 is 0 Å². The fraction of sp³-hybridized carbons (Fsp3) is 0.167. The zero-order chi connectivity index (χ0) is 11.0. The Bertz CT molecular complexity index is 562. The first kappa shape index (κ1) is 9.15. The molecule has 1 aliphatic rings. The first-order valence-electron chi connectivity index (χ1n) is 5.23. The summed E-state index contributed by atoms with van der Waals surface area (Å²) in [6, 6.07) is 8.54. The summed E-state index contributed by atoms with van der Waals surface area (Å²) in [6.45, 7) is 0.711. The standard InChI is InChI=1S/C12H12N4/c13-12-15-7-11(16-12)9-1-2-10-6-14-4-3-8(10)5-9/h1-6,11H,7H2,(H3,13,15,16). The van der Waals surface area contributed by atoms with Crippen molar-refractivity contribution >= 4 is 16.7 Å². The molecule has 3 rings (SSSR count). The van der Waals surface area contributed by atoms with Gasteiger partial charge in [0.25, 0.3) is 0 Å². The number of nitrogens with zero attached hydrogens (tertiary/aromatic N) is 2. The topological polar surface area (TPSA) is 63.3 Å². The van der Waals surface area contributed by atoms with Crippen molar-refractivity contribution in [2.45, 2.75) is 6.04 Å². The van der Waals surface area contributed by atoms with Gasteiger partial charge in [-0.1, -0.05) is 12.1 Å². The zero-order valence-electron chi connectivity index (χ0n) is 8.72. The van der Waals surface area contributed by atoms with Gasteiger partial charge < -0.3 is 11.1 Å². The molecule has 2 aromatic rings. The van der Waals surface area contributed by atoms with Crippen molar-refractivity contribution in [3.05, 3.63) is 42.2 Å². The summed E-state index contributed by atoms with van der Waals surface area (Å²) in [7, 11) is 0. The normalized spacial score (nSPS) is 19.5. The first-order chi connectivity index (χ1) is 7.83. The van der Waals surface area contributed by atoms with Crippen LogP contribution < -0.4 is 11.1 Å². The van der Waals surface area contributed by atoms with E-state index in [0.29, 0.717) is 12.5 Å². The van der Waals surface area contributed by atoms with Gasteiger partial charge in [-0.05, 0) is 23.1 Å². The first-order valence-corrected chi connectivity index (χ1v) is 5.23. The molecule has 80 valence electrons.